The second-order valence-corrected chi connectivity index (χ2v) is 11.8. The largest absolute Gasteiger partial charge is 0.459 e. The Morgan fingerprint density at radius 2 is 1.91 bits per heavy atom. The molecule has 2 saturated carbocycles. The molecule has 0 amide bonds. The van der Waals surface area contributed by atoms with Gasteiger partial charge in [0, 0.05) is 30.6 Å². The summed E-state index contributed by atoms with van der Waals surface area (Å²) < 4.78 is 5.39. The summed E-state index contributed by atoms with van der Waals surface area (Å²) in [5, 5.41) is 33.9. The van der Waals surface area contributed by atoms with Crippen molar-refractivity contribution in [1.29, 1.82) is 0 Å². The molecule has 1 aliphatic heterocycles. The van der Waals surface area contributed by atoms with Gasteiger partial charge >= 0.3 is 5.97 Å². The van der Waals surface area contributed by atoms with Crippen LogP contribution in [-0.4, -0.2) is 56.8 Å². The lowest BCUT2D eigenvalue weighted by Gasteiger charge is -2.52. The van der Waals surface area contributed by atoms with Crippen LogP contribution in [-0.2, 0) is 19.1 Å². The summed E-state index contributed by atoms with van der Waals surface area (Å²) in [6.45, 7) is 6.93. The molecule has 1 saturated heterocycles. The number of hydrogen-bond acceptors (Lipinski definition) is 7. The number of ether oxygens (including phenoxy) is 1. The van der Waals surface area contributed by atoms with E-state index in [1.165, 1.54) is 6.92 Å². The number of allylic oxidation sites excluding steroid dienone is 4. The van der Waals surface area contributed by atoms with Gasteiger partial charge in [-0.05, 0) is 50.0 Å². The molecule has 7 nitrogen and oxygen atoms in total. The predicted octanol–water partition coefficient (Wildman–Crippen LogP) is 1.98. The molecule has 0 aromatic rings. The summed E-state index contributed by atoms with van der Waals surface area (Å²) in [5.74, 6) is -2.80. The monoisotopic (exact) mass is 472 g/mol. The van der Waals surface area contributed by atoms with Crippen LogP contribution in [0.15, 0.2) is 23.8 Å². The SMILES string of the molecule is C[C@H]1C(=O)OC([C@@H](O)[C@](C)(O)[C@@H]2[C@H]3C(=O)C[C@H]4[C@@H](CC=C5C=CCC(=O)[C@@]54C)[C@@H]3C[C@@H]2O)[C@@H]1C. The molecule has 3 N–H and O–H groups in total. The third-order valence-electron chi connectivity index (χ3n) is 10.3. The van der Waals surface area contributed by atoms with E-state index >= 15 is 0 Å². The van der Waals surface area contributed by atoms with Crippen LogP contribution in [0, 0.1) is 46.8 Å². The Kier molecular flexibility index (Phi) is 5.51. The second-order valence-electron chi connectivity index (χ2n) is 11.8. The first kappa shape index (κ1) is 23.9. The zero-order valence-electron chi connectivity index (χ0n) is 20.3. The van der Waals surface area contributed by atoms with Crippen LogP contribution >= 0.6 is 0 Å². The molecular formula is C27H36O7. The highest BCUT2D eigenvalue weighted by Gasteiger charge is 2.65. The van der Waals surface area contributed by atoms with Crippen molar-refractivity contribution in [2.75, 3.05) is 0 Å². The Balaban J connectivity index is 1.46. The lowest BCUT2D eigenvalue weighted by molar-refractivity contribution is -0.185. The maximum Gasteiger partial charge on any atom is 0.309 e. The van der Waals surface area contributed by atoms with E-state index < -0.39 is 53.1 Å². The van der Waals surface area contributed by atoms with E-state index in [0.29, 0.717) is 12.8 Å². The van der Waals surface area contributed by atoms with E-state index in [9.17, 15) is 29.7 Å². The summed E-state index contributed by atoms with van der Waals surface area (Å²) in [4.78, 5) is 38.7. The van der Waals surface area contributed by atoms with Gasteiger partial charge in [0.15, 0.2) is 0 Å². The number of aliphatic hydroxyl groups is 3. The molecule has 5 rings (SSSR count). The summed E-state index contributed by atoms with van der Waals surface area (Å²) in [7, 11) is 0. The molecule has 1 unspecified atom stereocenters. The third kappa shape index (κ3) is 3.09. The smallest absolute Gasteiger partial charge is 0.309 e. The third-order valence-corrected chi connectivity index (χ3v) is 10.3. The molecule has 0 bridgehead atoms. The minimum Gasteiger partial charge on any atom is -0.459 e. The van der Waals surface area contributed by atoms with E-state index in [2.05, 4.69) is 6.08 Å². The van der Waals surface area contributed by atoms with Crippen molar-refractivity contribution in [2.24, 2.45) is 46.8 Å². The molecule has 0 aromatic carbocycles. The Labute approximate surface area is 200 Å². The number of carbonyl (C=O) groups is 3. The van der Waals surface area contributed by atoms with Gasteiger partial charge in [0.2, 0.25) is 0 Å². The van der Waals surface area contributed by atoms with Gasteiger partial charge in [-0.25, -0.2) is 0 Å². The molecule has 0 radical (unpaired) electrons. The first-order chi connectivity index (χ1) is 15.9. The Morgan fingerprint density at radius 3 is 2.56 bits per heavy atom. The van der Waals surface area contributed by atoms with Crippen molar-refractivity contribution in [3.63, 3.8) is 0 Å². The van der Waals surface area contributed by atoms with Gasteiger partial charge in [0.05, 0.1) is 23.0 Å². The summed E-state index contributed by atoms with van der Waals surface area (Å²) in [5.41, 5.74) is -1.54. The Morgan fingerprint density at radius 1 is 1.21 bits per heavy atom. The lowest BCUT2D eigenvalue weighted by atomic mass is 9.50. The van der Waals surface area contributed by atoms with Crippen molar-refractivity contribution in [3.05, 3.63) is 23.8 Å². The van der Waals surface area contributed by atoms with Crippen molar-refractivity contribution >= 4 is 17.5 Å². The zero-order valence-corrected chi connectivity index (χ0v) is 20.3. The number of fused-ring (bicyclic) bond motifs is 5. The van der Waals surface area contributed by atoms with Crippen molar-refractivity contribution in [3.8, 4) is 0 Å². The molecule has 34 heavy (non-hydrogen) atoms. The first-order valence-electron chi connectivity index (χ1n) is 12.6. The first-order valence-corrected chi connectivity index (χ1v) is 12.6. The van der Waals surface area contributed by atoms with Gasteiger partial charge in [-0.15, -0.1) is 0 Å². The van der Waals surface area contributed by atoms with Gasteiger partial charge < -0.3 is 20.1 Å². The van der Waals surface area contributed by atoms with Gasteiger partial charge in [-0.2, -0.15) is 0 Å². The molecule has 3 fully saturated rings. The van der Waals surface area contributed by atoms with E-state index in [1.807, 2.05) is 19.1 Å². The van der Waals surface area contributed by atoms with Crippen LogP contribution in [0.2, 0.25) is 0 Å². The average Bonchev–Trinajstić information content (AvgIpc) is 3.27. The molecule has 0 spiro atoms. The minimum atomic E-state index is -1.83. The molecule has 1 heterocycles. The molecule has 186 valence electrons. The van der Waals surface area contributed by atoms with Gasteiger partial charge in [0.25, 0.3) is 0 Å². The highest BCUT2D eigenvalue weighted by Crippen LogP contribution is 2.61. The van der Waals surface area contributed by atoms with E-state index in [1.54, 1.807) is 13.8 Å². The molecule has 7 heteroatoms. The maximum absolute atomic E-state index is 13.6. The number of carbonyl (C=O) groups excluding carboxylic acids is 3. The number of esters is 1. The maximum atomic E-state index is 13.6. The highest BCUT2D eigenvalue weighted by atomic mass is 16.6. The van der Waals surface area contributed by atoms with Crippen LogP contribution < -0.4 is 0 Å². The van der Waals surface area contributed by atoms with Crippen LogP contribution in [0.5, 0.6) is 0 Å². The topological polar surface area (TPSA) is 121 Å². The summed E-state index contributed by atoms with van der Waals surface area (Å²) in [6, 6.07) is 0. The van der Waals surface area contributed by atoms with Crippen LogP contribution in [0.4, 0.5) is 0 Å². The number of hydrogen-bond donors (Lipinski definition) is 3. The van der Waals surface area contributed by atoms with Crippen LogP contribution in [0.1, 0.15) is 53.4 Å². The molecular weight excluding hydrogens is 436 g/mol. The number of ketones is 2. The molecule has 0 aromatic heterocycles. The predicted molar refractivity (Wildman–Crippen MR) is 122 cm³/mol. The van der Waals surface area contributed by atoms with E-state index in [-0.39, 0.29) is 41.7 Å². The Hall–Kier alpha value is -1.83. The standard InChI is InChI=1S/C27H36O7/c1-12-13(2)25(32)34-23(12)24(31)27(4,33)22-19(29)10-16-15-9-8-14-6-5-7-20(30)26(14,3)17(15)11-18(28)21(16)22/h5-6,8,12-13,15-17,19,21-24,29,31,33H,7,9-11H2,1-4H3/t12-,13-,15+,16+,17+,19+,21-,22+,23?,24-,26+,27-/m1/s1. The summed E-state index contributed by atoms with van der Waals surface area (Å²) >= 11 is 0. The van der Waals surface area contributed by atoms with Crippen LogP contribution in [0.3, 0.4) is 0 Å². The van der Waals surface area contributed by atoms with Gasteiger partial charge in [0.1, 0.15) is 23.8 Å². The molecule has 5 aliphatic rings. The quantitative estimate of drug-likeness (QED) is 0.537. The summed E-state index contributed by atoms with van der Waals surface area (Å²) in [6.07, 6.45) is 4.33. The minimum absolute atomic E-state index is 0.0442. The van der Waals surface area contributed by atoms with Crippen molar-refractivity contribution in [2.45, 2.75) is 77.3 Å². The fourth-order valence-electron chi connectivity index (χ4n) is 8.02. The molecule has 12 atom stereocenters. The lowest BCUT2D eigenvalue weighted by Crippen LogP contribution is -2.59. The van der Waals surface area contributed by atoms with Gasteiger partial charge in [-0.1, -0.05) is 32.1 Å². The van der Waals surface area contributed by atoms with Crippen molar-refractivity contribution in [1.82, 2.24) is 0 Å². The van der Waals surface area contributed by atoms with Gasteiger partial charge in [-0.3, -0.25) is 14.4 Å². The number of rotatable bonds is 3. The van der Waals surface area contributed by atoms with E-state index in [0.717, 1.165) is 12.0 Å². The van der Waals surface area contributed by atoms with Crippen LogP contribution in [0.25, 0.3) is 0 Å². The number of Topliss-reactive ketones (excluding diaryl/α,β-unsaturated/α-hetero) is 2. The fraction of sp³-hybridized carbons (Fsp3) is 0.741. The van der Waals surface area contributed by atoms with E-state index in [4.69, 9.17) is 4.74 Å². The highest BCUT2D eigenvalue weighted by molar-refractivity contribution is 5.93. The number of aliphatic hydroxyl groups excluding tert-OH is 2. The number of cyclic esters (lactones) is 1. The second kappa shape index (κ2) is 7.84. The zero-order chi connectivity index (χ0) is 24.7. The fourth-order valence-corrected chi connectivity index (χ4v) is 8.02. The normalized spacial score (nSPS) is 48.4. The average molecular weight is 473 g/mol. The van der Waals surface area contributed by atoms with Crippen molar-refractivity contribution < 1.29 is 34.4 Å². The molecule has 4 aliphatic carbocycles. The Bertz CT molecular complexity index is 979.